The number of carbonyl (C=O) groups excluding carboxylic acids is 1. The summed E-state index contributed by atoms with van der Waals surface area (Å²) in [5.74, 6) is 0.698. The van der Waals surface area contributed by atoms with Gasteiger partial charge >= 0.3 is 0 Å². The van der Waals surface area contributed by atoms with Gasteiger partial charge in [-0.15, -0.1) is 0 Å². The molecule has 0 radical (unpaired) electrons. The number of carbonyl (C=O) groups is 1. The molecule has 1 unspecified atom stereocenters. The molecule has 2 aromatic carbocycles. The number of H-pyrrole nitrogens is 1. The molecule has 4 aromatic rings. The van der Waals surface area contributed by atoms with Crippen LogP contribution in [0.4, 0.5) is 0 Å². The van der Waals surface area contributed by atoms with Crippen LogP contribution in [0.3, 0.4) is 0 Å². The van der Waals surface area contributed by atoms with Gasteiger partial charge in [0.15, 0.2) is 0 Å². The van der Waals surface area contributed by atoms with E-state index >= 15 is 0 Å². The van der Waals surface area contributed by atoms with Crippen molar-refractivity contribution in [1.29, 1.82) is 0 Å². The van der Waals surface area contributed by atoms with E-state index in [1.54, 1.807) is 25.0 Å². The molecule has 7 nitrogen and oxygen atoms in total. The van der Waals surface area contributed by atoms with Crippen molar-refractivity contribution < 1.29 is 9.53 Å². The molecule has 0 saturated carbocycles. The number of likely N-dealkylation sites (N-methyl/N-ethyl adjacent to an activating group) is 1. The Morgan fingerprint density at radius 2 is 2.11 bits per heavy atom. The van der Waals surface area contributed by atoms with Crippen molar-refractivity contribution in [2.45, 2.75) is 28.7 Å². The molecule has 2 aromatic heterocycles. The largest absolute Gasteiger partial charge is 0.490 e. The predicted octanol–water partition coefficient (Wildman–Crippen LogP) is 5.11. The highest BCUT2D eigenvalue weighted by atomic mass is 32.2. The van der Waals surface area contributed by atoms with E-state index in [0.29, 0.717) is 18.2 Å². The van der Waals surface area contributed by atoms with Gasteiger partial charge in [0.25, 0.3) is 5.91 Å². The molecule has 2 N–H and O–H groups in total. The first-order valence-corrected chi connectivity index (χ1v) is 12.9. The monoisotopic (exact) mass is 499 g/mol. The Bertz CT molecular complexity index is 1380. The second kappa shape index (κ2) is 11.0. The van der Waals surface area contributed by atoms with E-state index in [1.165, 1.54) is 12.8 Å². The molecule has 1 aliphatic heterocycles. The number of ether oxygens (including phenoxy) is 1. The maximum atomic E-state index is 12.2. The zero-order chi connectivity index (χ0) is 24.9. The normalized spacial score (nSPS) is 16.1. The Morgan fingerprint density at radius 1 is 1.22 bits per heavy atom. The van der Waals surface area contributed by atoms with Crippen LogP contribution >= 0.6 is 11.8 Å². The molecule has 1 saturated heterocycles. The lowest BCUT2D eigenvalue weighted by Gasteiger charge is -2.19. The number of aromatic amines is 1. The molecule has 36 heavy (non-hydrogen) atoms. The predicted molar refractivity (Wildman–Crippen MR) is 144 cm³/mol. The van der Waals surface area contributed by atoms with Gasteiger partial charge in [-0.3, -0.25) is 14.9 Å². The van der Waals surface area contributed by atoms with E-state index in [4.69, 9.17) is 4.74 Å². The molecule has 184 valence electrons. The van der Waals surface area contributed by atoms with Gasteiger partial charge in [0, 0.05) is 28.3 Å². The average Bonchev–Trinajstić information content (AvgIpc) is 3.51. The number of nitrogens with zero attached hydrogens (tertiary/aromatic N) is 3. The zero-order valence-electron chi connectivity index (χ0n) is 20.4. The lowest BCUT2D eigenvalue weighted by molar-refractivity contribution is 0.0960. The van der Waals surface area contributed by atoms with Crippen LogP contribution in [0.5, 0.6) is 5.75 Å². The van der Waals surface area contributed by atoms with E-state index in [1.807, 2.05) is 60.7 Å². The minimum Gasteiger partial charge on any atom is -0.490 e. The first kappa shape index (κ1) is 24.1. The molecule has 5 rings (SSSR count). The molecule has 1 aliphatic rings. The molecule has 0 aliphatic carbocycles. The van der Waals surface area contributed by atoms with Gasteiger partial charge in [-0.1, -0.05) is 23.9 Å². The van der Waals surface area contributed by atoms with Crippen molar-refractivity contribution in [2.24, 2.45) is 0 Å². The third-order valence-corrected chi connectivity index (χ3v) is 7.50. The summed E-state index contributed by atoms with van der Waals surface area (Å²) >= 11 is 1.55. The Hall–Kier alpha value is -3.62. The lowest BCUT2D eigenvalue weighted by atomic mass is 10.2. The Balaban J connectivity index is 1.25. The fourth-order valence-electron chi connectivity index (χ4n) is 4.34. The number of fused-ring (bicyclic) bond motifs is 1. The van der Waals surface area contributed by atoms with E-state index in [9.17, 15) is 4.79 Å². The fourth-order valence-corrected chi connectivity index (χ4v) is 5.32. The van der Waals surface area contributed by atoms with Crippen LogP contribution < -0.4 is 10.1 Å². The van der Waals surface area contributed by atoms with Gasteiger partial charge in [-0.05, 0) is 81.1 Å². The first-order chi connectivity index (χ1) is 17.6. The average molecular weight is 500 g/mol. The van der Waals surface area contributed by atoms with Crippen molar-refractivity contribution in [3.8, 4) is 5.75 Å². The minimum atomic E-state index is -0.0947. The van der Waals surface area contributed by atoms with Crippen molar-refractivity contribution in [3.05, 3.63) is 77.7 Å². The number of pyridine rings is 1. The quantitative estimate of drug-likeness (QED) is 0.351. The van der Waals surface area contributed by atoms with Crippen LogP contribution in [0, 0.1) is 0 Å². The van der Waals surface area contributed by atoms with Crippen LogP contribution in [0.15, 0.2) is 70.6 Å². The zero-order valence-corrected chi connectivity index (χ0v) is 21.2. The topological polar surface area (TPSA) is 83.1 Å². The number of nitrogens with one attached hydrogen (secondary N) is 2. The van der Waals surface area contributed by atoms with Gasteiger partial charge in [0.2, 0.25) is 0 Å². The molecule has 1 amide bonds. The van der Waals surface area contributed by atoms with Crippen LogP contribution in [-0.2, 0) is 0 Å². The molecule has 8 heteroatoms. The van der Waals surface area contributed by atoms with Gasteiger partial charge in [-0.2, -0.15) is 5.10 Å². The summed E-state index contributed by atoms with van der Waals surface area (Å²) in [5.41, 5.74) is 3.28. The number of hydrogen-bond donors (Lipinski definition) is 2. The highest BCUT2D eigenvalue weighted by Crippen LogP contribution is 2.33. The standard InChI is InChI=1S/C28H29N5O2S/c1-29-28(34)24-7-3-4-8-27(24)36-22-12-13-23-25(31-32-26(23)16-22)14-10-19-9-11-21(17-30-19)35-18-20-6-5-15-33(20)2/h3-4,7-14,16-17,20H,5-6,15,18H2,1-2H3,(H,29,34)(H,31,32)/b14-10+. The summed E-state index contributed by atoms with van der Waals surface area (Å²) in [5, 5.41) is 11.3. The molecule has 1 atom stereocenters. The van der Waals surface area contributed by atoms with E-state index < -0.39 is 0 Å². The Kier molecular flexibility index (Phi) is 7.34. The van der Waals surface area contributed by atoms with Crippen LogP contribution in [0.2, 0.25) is 0 Å². The maximum Gasteiger partial charge on any atom is 0.252 e. The molecule has 3 heterocycles. The smallest absolute Gasteiger partial charge is 0.252 e. The van der Waals surface area contributed by atoms with Crippen molar-refractivity contribution in [3.63, 3.8) is 0 Å². The molecule has 1 fully saturated rings. The van der Waals surface area contributed by atoms with Crippen LogP contribution in [-0.4, -0.2) is 59.3 Å². The third kappa shape index (κ3) is 5.45. The molecular weight excluding hydrogens is 470 g/mol. The summed E-state index contributed by atoms with van der Waals surface area (Å²) in [6, 6.07) is 18.2. The van der Waals surface area contributed by atoms with Crippen LogP contribution in [0.25, 0.3) is 23.1 Å². The van der Waals surface area contributed by atoms with E-state index in [2.05, 4.69) is 38.5 Å². The van der Waals surface area contributed by atoms with E-state index in [0.717, 1.165) is 44.4 Å². The molecule has 0 spiro atoms. The van der Waals surface area contributed by atoms with Crippen molar-refractivity contribution >= 4 is 40.7 Å². The Morgan fingerprint density at radius 3 is 2.89 bits per heavy atom. The maximum absolute atomic E-state index is 12.2. The van der Waals surface area contributed by atoms with Gasteiger partial charge in [0.05, 0.1) is 28.7 Å². The third-order valence-electron chi connectivity index (χ3n) is 6.44. The SMILES string of the molecule is CNC(=O)c1ccccc1Sc1ccc2c(/C=C/c3ccc(OCC4CCCN4C)cn3)n[nH]c2c1. The number of aromatic nitrogens is 3. The summed E-state index contributed by atoms with van der Waals surface area (Å²) in [6.45, 7) is 1.84. The minimum absolute atomic E-state index is 0.0947. The van der Waals surface area contributed by atoms with Crippen molar-refractivity contribution in [1.82, 2.24) is 25.4 Å². The number of benzene rings is 2. The van der Waals surface area contributed by atoms with Gasteiger partial charge < -0.3 is 15.0 Å². The number of rotatable bonds is 8. The van der Waals surface area contributed by atoms with Crippen LogP contribution in [0.1, 0.15) is 34.6 Å². The molecule has 0 bridgehead atoms. The van der Waals surface area contributed by atoms with Gasteiger partial charge in [0.1, 0.15) is 12.4 Å². The highest BCUT2D eigenvalue weighted by Gasteiger charge is 2.21. The lowest BCUT2D eigenvalue weighted by Crippen LogP contribution is -2.30. The number of hydrogen-bond acceptors (Lipinski definition) is 6. The second-order valence-electron chi connectivity index (χ2n) is 8.83. The molecular formula is C28H29N5O2S. The summed E-state index contributed by atoms with van der Waals surface area (Å²) in [4.78, 5) is 21.0. The van der Waals surface area contributed by atoms with Crippen molar-refractivity contribution in [2.75, 3.05) is 27.2 Å². The first-order valence-electron chi connectivity index (χ1n) is 12.0. The summed E-state index contributed by atoms with van der Waals surface area (Å²) < 4.78 is 5.93. The number of amides is 1. The van der Waals surface area contributed by atoms with E-state index in [-0.39, 0.29) is 5.91 Å². The summed E-state index contributed by atoms with van der Waals surface area (Å²) in [7, 11) is 3.79. The fraction of sp³-hybridized carbons (Fsp3) is 0.250. The second-order valence-corrected chi connectivity index (χ2v) is 9.95. The van der Waals surface area contributed by atoms with Gasteiger partial charge in [-0.25, -0.2) is 0 Å². The highest BCUT2D eigenvalue weighted by molar-refractivity contribution is 7.99. The Labute approximate surface area is 215 Å². The number of likely N-dealkylation sites (tertiary alicyclic amines) is 1. The summed E-state index contributed by atoms with van der Waals surface area (Å²) in [6.07, 6.45) is 8.11.